The fraction of sp³-hybridized carbons (Fsp3) is 0.133. The summed E-state index contributed by atoms with van der Waals surface area (Å²) >= 11 is 12.5. The van der Waals surface area contributed by atoms with Crippen molar-refractivity contribution in [2.24, 2.45) is 0 Å². The summed E-state index contributed by atoms with van der Waals surface area (Å²) in [6.07, 6.45) is 0. The molecule has 0 bridgehead atoms. The van der Waals surface area contributed by atoms with E-state index in [2.05, 4.69) is 5.32 Å². The highest BCUT2D eigenvalue weighted by molar-refractivity contribution is 6.34. The van der Waals surface area contributed by atoms with E-state index >= 15 is 0 Å². The van der Waals surface area contributed by atoms with Crippen LogP contribution in [0.2, 0.25) is 10.0 Å². The summed E-state index contributed by atoms with van der Waals surface area (Å²) in [5.41, 5.74) is 2.18. The van der Waals surface area contributed by atoms with Gasteiger partial charge in [0, 0.05) is 21.3 Å². The van der Waals surface area contributed by atoms with E-state index in [4.69, 9.17) is 27.9 Å². The first-order valence-electron chi connectivity index (χ1n) is 6.04. The molecule has 1 aliphatic rings. The van der Waals surface area contributed by atoms with Gasteiger partial charge in [-0.15, -0.1) is 0 Å². The van der Waals surface area contributed by atoms with Crippen LogP contribution in [0.1, 0.15) is 17.0 Å². The Labute approximate surface area is 126 Å². The molecule has 1 N–H and O–H groups in total. The molecule has 2 aromatic rings. The van der Waals surface area contributed by atoms with Crippen LogP contribution in [-0.4, -0.2) is 13.0 Å². The third kappa shape index (κ3) is 2.03. The molecule has 0 saturated heterocycles. The Bertz CT molecular complexity index is 700. The van der Waals surface area contributed by atoms with Gasteiger partial charge in [-0.1, -0.05) is 29.3 Å². The topological polar surface area (TPSA) is 38.3 Å². The van der Waals surface area contributed by atoms with Gasteiger partial charge in [0.1, 0.15) is 5.75 Å². The molecule has 2 aromatic carbocycles. The molecule has 1 amide bonds. The lowest BCUT2D eigenvalue weighted by atomic mass is 9.92. The van der Waals surface area contributed by atoms with Gasteiger partial charge in [-0.25, -0.2) is 0 Å². The third-order valence-electron chi connectivity index (χ3n) is 3.38. The maximum absolute atomic E-state index is 12.3. The number of hydrogen-bond acceptors (Lipinski definition) is 2. The van der Waals surface area contributed by atoms with Crippen molar-refractivity contribution in [1.29, 1.82) is 0 Å². The number of carbonyl (C=O) groups is 1. The van der Waals surface area contributed by atoms with Crippen LogP contribution in [0.25, 0.3) is 0 Å². The molecular weight excluding hydrogens is 297 g/mol. The summed E-state index contributed by atoms with van der Waals surface area (Å²) in [5, 5.41) is 3.89. The molecule has 1 unspecified atom stereocenters. The number of benzene rings is 2. The zero-order valence-electron chi connectivity index (χ0n) is 10.6. The van der Waals surface area contributed by atoms with Gasteiger partial charge in [0.2, 0.25) is 5.91 Å². The van der Waals surface area contributed by atoms with Crippen LogP contribution in [-0.2, 0) is 4.79 Å². The van der Waals surface area contributed by atoms with E-state index in [1.165, 1.54) is 0 Å². The summed E-state index contributed by atoms with van der Waals surface area (Å²) in [4.78, 5) is 12.3. The van der Waals surface area contributed by atoms with E-state index in [9.17, 15) is 4.79 Å². The first-order valence-corrected chi connectivity index (χ1v) is 6.80. The largest absolute Gasteiger partial charge is 0.497 e. The van der Waals surface area contributed by atoms with Crippen molar-refractivity contribution >= 4 is 34.8 Å². The fourth-order valence-electron chi connectivity index (χ4n) is 2.44. The van der Waals surface area contributed by atoms with E-state index in [1.807, 2.05) is 6.07 Å². The smallest absolute Gasteiger partial charge is 0.236 e. The Balaban J connectivity index is 2.19. The molecule has 0 aliphatic carbocycles. The fourth-order valence-corrected chi connectivity index (χ4v) is 2.95. The maximum Gasteiger partial charge on any atom is 0.236 e. The van der Waals surface area contributed by atoms with Crippen molar-refractivity contribution in [3.63, 3.8) is 0 Å². The van der Waals surface area contributed by atoms with E-state index in [0.717, 1.165) is 11.3 Å². The molecule has 1 atom stereocenters. The Kier molecular flexibility index (Phi) is 3.32. The van der Waals surface area contributed by atoms with Crippen LogP contribution in [0.15, 0.2) is 36.4 Å². The van der Waals surface area contributed by atoms with E-state index in [0.29, 0.717) is 21.4 Å². The minimum absolute atomic E-state index is 0.136. The number of fused-ring (bicyclic) bond motifs is 1. The van der Waals surface area contributed by atoms with Gasteiger partial charge < -0.3 is 10.1 Å². The molecule has 0 aromatic heterocycles. The standard InChI is InChI=1S/C15H11Cl2NO2/c1-20-8-5-6-10(16)9(7-8)13-14-11(17)3-2-4-12(14)18-15(13)19/h2-7,13H,1H3,(H,18,19). The van der Waals surface area contributed by atoms with Gasteiger partial charge >= 0.3 is 0 Å². The first-order chi connectivity index (χ1) is 9.61. The molecule has 0 radical (unpaired) electrons. The van der Waals surface area contributed by atoms with Crippen molar-refractivity contribution in [1.82, 2.24) is 0 Å². The lowest BCUT2D eigenvalue weighted by Gasteiger charge is -2.13. The van der Waals surface area contributed by atoms with Crippen LogP contribution >= 0.6 is 23.2 Å². The summed E-state index contributed by atoms with van der Waals surface area (Å²) in [6.45, 7) is 0. The van der Waals surface area contributed by atoms with Gasteiger partial charge in [0.15, 0.2) is 0 Å². The lowest BCUT2D eigenvalue weighted by Crippen LogP contribution is -2.13. The van der Waals surface area contributed by atoms with Crippen molar-refractivity contribution in [2.75, 3.05) is 12.4 Å². The van der Waals surface area contributed by atoms with E-state index in [1.54, 1.807) is 37.4 Å². The minimum atomic E-state index is -0.513. The number of anilines is 1. The molecule has 3 nitrogen and oxygen atoms in total. The second-order valence-corrected chi connectivity index (χ2v) is 5.33. The normalized spacial score (nSPS) is 16.8. The number of nitrogens with one attached hydrogen (secondary N) is 1. The molecule has 1 aliphatic heterocycles. The highest BCUT2D eigenvalue weighted by Crippen LogP contribution is 2.44. The average molecular weight is 308 g/mol. The van der Waals surface area contributed by atoms with Crippen molar-refractivity contribution < 1.29 is 9.53 Å². The summed E-state index contributed by atoms with van der Waals surface area (Å²) in [5.74, 6) is 0.00209. The predicted octanol–water partition coefficient (Wildman–Crippen LogP) is 4.09. The maximum atomic E-state index is 12.3. The van der Waals surface area contributed by atoms with Crippen molar-refractivity contribution in [2.45, 2.75) is 5.92 Å². The van der Waals surface area contributed by atoms with Gasteiger partial charge in [-0.2, -0.15) is 0 Å². The van der Waals surface area contributed by atoms with E-state index in [-0.39, 0.29) is 5.91 Å². The van der Waals surface area contributed by atoms with Crippen LogP contribution in [0, 0.1) is 0 Å². The second kappa shape index (κ2) is 5.00. The number of ether oxygens (including phenoxy) is 1. The number of hydrogen-bond donors (Lipinski definition) is 1. The van der Waals surface area contributed by atoms with Gasteiger partial charge in [-0.05, 0) is 35.9 Å². The zero-order valence-corrected chi connectivity index (χ0v) is 12.1. The minimum Gasteiger partial charge on any atom is -0.497 e. The average Bonchev–Trinajstić information content (AvgIpc) is 2.77. The van der Waals surface area contributed by atoms with Crippen LogP contribution in [0.5, 0.6) is 5.75 Å². The predicted molar refractivity (Wildman–Crippen MR) is 79.9 cm³/mol. The number of carbonyl (C=O) groups excluding carboxylic acids is 1. The highest BCUT2D eigenvalue weighted by Gasteiger charge is 2.35. The number of methoxy groups -OCH3 is 1. The molecule has 0 saturated carbocycles. The number of rotatable bonds is 2. The number of amides is 1. The Morgan fingerprint density at radius 2 is 1.95 bits per heavy atom. The molecular formula is C15H11Cl2NO2. The van der Waals surface area contributed by atoms with E-state index < -0.39 is 5.92 Å². The zero-order chi connectivity index (χ0) is 14.3. The summed E-state index contributed by atoms with van der Waals surface area (Å²) < 4.78 is 5.20. The third-order valence-corrected chi connectivity index (χ3v) is 4.05. The van der Waals surface area contributed by atoms with Crippen molar-refractivity contribution in [3.05, 3.63) is 57.6 Å². The Hall–Kier alpha value is -1.71. The first kappa shape index (κ1) is 13.3. The van der Waals surface area contributed by atoms with Crippen LogP contribution < -0.4 is 10.1 Å². The summed E-state index contributed by atoms with van der Waals surface area (Å²) in [6, 6.07) is 10.6. The van der Waals surface area contributed by atoms with Gasteiger partial charge in [-0.3, -0.25) is 4.79 Å². The molecule has 0 fully saturated rings. The summed E-state index contributed by atoms with van der Waals surface area (Å²) in [7, 11) is 1.57. The number of halogens is 2. The van der Waals surface area contributed by atoms with Gasteiger partial charge in [0.05, 0.1) is 13.0 Å². The Morgan fingerprint density at radius 1 is 1.15 bits per heavy atom. The van der Waals surface area contributed by atoms with Crippen LogP contribution in [0.4, 0.5) is 5.69 Å². The van der Waals surface area contributed by atoms with Gasteiger partial charge in [0.25, 0.3) is 0 Å². The quantitative estimate of drug-likeness (QED) is 0.907. The molecule has 1 heterocycles. The van der Waals surface area contributed by atoms with Crippen LogP contribution in [0.3, 0.4) is 0 Å². The molecule has 20 heavy (non-hydrogen) atoms. The Morgan fingerprint density at radius 3 is 2.70 bits per heavy atom. The lowest BCUT2D eigenvalue weighted by molar-refractivity contribution is -0.116. The molecule has 0 spiro atoms. The molecule has 102 valence electrons. The van der Waals surface area contributed by atoms with Crippen molar-refractivity contribution in [3.8, 4) is 5.75 Å². The molecule has 5 heteroatoms. The SMILES string of the molecule is COc1ccc(Cl)c(C2C(=O)Nc3cccc(Cl)c32)c1. The monoisotopic (exact) mass is 307 g/mol. The highest BCUT2D eigenvalue weighted by atomic mass is 35.5. The second-order valence-electron chi connectivity index (χ2n) is 4.51. The molecule has 3 rings (SSSR count).